The van der Waals surface area contributed by atoms with E-state index in [-0.39, 0.29) is 11.3 Å². The molecule has 1 amide bonds. The van der Waals surface area contributed by atoms with E-state index >= 15 is 0 Å². The number of hydrogen-bond donors (Lipinski definition) is 0. The maximum atomic E-state index is 11.7. The first-order valence-corrected chi connectivity index (χ1v) is 4.86. The summed E-state index contributed by atoms with van der Waals surface area (Å²) in [5, 5.41) is 0. The summed E-state index contributed by atoms with van der Waals surface area (Å²) in [4.78, 5) is 21.3. The molecule has 0 N–H and O–H groups in total. The third kappa shape index (κ3) is 2.75. The van der Waals surface area contributed by atoms with E-state index < -0.39 is 0 Å². The summed E-state index contributed by atoms with van der Waals surface area (Å²) in [6.45, 7) is 6.16. The van der Waals surface area contributed by atoms with E-state index in [1.54, 1.807) is 20.2 Å². The lowest BCUT2D eigenvalue weighted by atomic mass is 9.91. The SMILES string of the molecule is CN(C)C(=O)c1cc(C(C)(C)C)ncn1. The van der Waals surface area contributed by atoms with Crippen LogP contribution in [0.2, 0.25) is 0 Å². The molecule has 15 heavy (non-hydrogen) atoms. The lowest BCUT2D eigenvalue weighted by molar-refractivity contribution is 0.0821. The highest BCUT2D eigenvalue weighted by molar-refractivity contribution is 5.91. The number of rotatable bonds is 1. The zero-order chi connectivity index (χ0) is 11.6. The summed E-state index contributed by atoms with van der Waals surface area (Å²) in [5.74, 6) is -0.0945. The molecule has 0 bridgehead atoms. The molecule has 0 aliphatic carbocycles. The van der Waals surface area contributed by atoms with Gasteiger partial charge in [-0.05, 0) is 6.07 Å². The van der Waals surface area contributed by atoms with Gasteiger partial charge in [-0.25, -0.2) is 9.97 Å². The molecule has 0 spiro atoms. The Balaban J connectivity index is 3.09. The van der Waals surface area contributed by atoms with E-state index in [4.69, 9.17) is 0 Å². The van der Waals surface area contributed by atoms with Crippen LogP contribution >= 0.6 is 0 Å². The Bertz CT molecular complexity index is 366. The number of amides is 1. The Morgan fingerprint density at radius 3 is 2.33 bits per heavy atom. The molecule has 4 heteroatoms. The molecule has 1 rings (SSSR count). The Hall–Kier alpha value is -1.45. The van der Waals surface area contributed by atoms with Crippen molar-refractivity contribution in [3.8, 4) is 0 Å². The average molecular weight is 207 g/mol. The first-order chi connectivity index (χ1) is 6.82. The number of carbonyl (C=O) groups excluding carboxylic acids is 1. The highest BCUT2D eigenvalue weighted by atomic mass is 16.2. The topological polar surface area (TPSA) is 46.1 Å². The van der Waals surface area contributed by atoms with E-state index in [9.17, 15) is 4.79 Å². The maximum Gasteiger partial charge on any atom is 0.272 e. The van der Waals surface area contributed by atoms with Crippen LogP contribution in [0, 0.1) is 0 Å². The molecule has 1 heterocycles. The molecule has 0 saturated carbocycles. The van der Waals surface area contributed by atoms with Crippen LogP contribution in [-0.2, 0) is 5.41 Å². The van der Waals surface area contributed by atoms with Crippen molar-refractivity contribution in [2.45, 2.75) is 26.2 Å². The van der Waals surface area contributed by atoms with E-state index in [1.807, 2.05) is 0 Å². The highest BCUT2D eigenvalue weighted by Crippen LogP contribution is 2.19. The van der Waals surface area contributed by atoms with Crippen LogP contribution in [0.1, 0.15) is 37.0 Å². The van der Waals surface area contributed by atoms with Gasteiger partial charge in [-0.2, -0.15) is 0 Å². The van der Waals surface area contributed by atoms with Crippen molar-refractivity contribution in [2.24, 2.45) is 0 Å². The first-order valence-electron chi connectivity index (χ1n) is 4.86. The molecule has 0 radical (unpaired) electrons. The van der Waals surface area contributed by atoms with Crippen molar-refractivity contribution in [1.82, 2.24) is 14.9 Å². The van der Waals surface area contributed by atoms with Crippen LogP contribution in [0.15, 0.2) is 12.4 Å². The lowest BCUT2D eigenvalue weighted by Crippen LogP contribution is -2.24. The molecule has 0 aliphatic rings. The van der Waals surface area contributed by atoms with E-state index in [0.717, 1.165) is 5.69 Å². The summed E-state index contributed by atoms with van der Waals surface area (Å²) >= 11 is 0. The van der Waals surface area contributed by atoms with Gasteiger partial charge in [-0.1, -0.05) is 20.8 Å². The molecule has 1 aromatic rings. The van der Waals surface area contributed by atoms with Gasteiger partial charge in [-0.3, -0.25) is 4.79 Å². The molecular formula is C11H17N3O. The molecule has 4 nitrogen and oxygen atoms in total. The zero-order valence-electron chi connectivity index (χ0n) is 9.90. The number of nitrogens with zero attached hydrogens (tertiary/aromatic N) is 3. The number of aromatic nitrogens is 2. The van der Waals surface area contributed by atoms with Crippen molar-refractivity contribution in [1.29, 1.82) is 0 Å². The van der Waals surface area contributed by atoms with Gasteiger partial charge in [0.05, 0.1) is 0 Å². The summed E-state index contributed by atoms with van der Waals surface area (Å²) in [6.07, 6.45) is 1.44. The fourth-order valence-corrected chi connectivity index (χ4v) is 1.11. The average Bonchev–Trinajstić information content (AvgIpc) is 2.15. The third-order valence-corrected chi connectivity index (χ3v) is 2.06. The Kier molecular flexibility index (Phi) is 3.07. The molecule has 0 aromatic carbocycles. The molecule has 0 fully saturated rings. The molecule has 1 aromatic heterocycles. The maximum absolute atomic E-state index is 11.7. The molecule has 0 unspecified atom stereocenters. The zero-order valence-corrected chi connectivity index (χ0v) is 9.90. The molecule has 0 atom stereocenters. The Morgan fingerprint density at radius 1 is 1.27 bits per heavy atom. The molecular weight excluding hydrogens is 190 g/mol. The third-order valence-electron chi connectivity index (χ3n) is 2.06. The van der Waals surface area contributed by atoms with Gasteiger partial charge in [0.2, 0.25) is 0 Å². The predicted molar refractivity (Wildman–Crippen MR) is 58.7 cm³/mol. The van der Waals surface area contributed by atoms with Crippen molar-refractivity contribution < 1.29 is 4.79 Å². The first kappa shape index (κ1) is 11.6. The van der Waals surface area contributed by atoms with Crippen molar-refractivity contribution in [3.63, 3.8) is 0 Å². The van der Waals surface area contributed by atoms with Crippen LogP contribution in [0.3, 0.4) is 0 Å². The van der Waals surface area contributed by atoms with E-state index in [1.165, 1.54) is 11.2 Å². The van der Waals surface area contributed by atoms with Gasteiger partial charge < -0.3 is 4.90 Å². The standard InChI is InChI=1S/C11H17N3O/c1-11(2,3)9-6-8(12-7-13-9)10(15)14(4)5/h6-7H,1-5H3. The monoisotopic (exact) mass is 207 g/mol. The smallest absolute Gasteiger partial charge is 0.272 e. The van der Waals surface area contributed by atoms with Gasteiger partial charge in [0.1, 0.15) is 12.0 Å². The second kappa shape index (κ2) is 3.96. The lowest BCUT2D eigenvalue weighted by Gasteiger charge is -2.18. The second-order valence-electron chi connectivity index (χ2n) is 4.74. The Morgan fingerprint density at radius 2 is 1.87 bits per heavy atom. The largest absolute Gasteiger partial charge is 0.343 e. The summed E-state index contributed by atoms with van der Waals surface area (Å²) in [7, 11) is 3.42. The minimum absolute atomic E-state index is 0.0652. The summed E-state index contributed by atoms with van der Waals surface area (Å²) < 4.78 is 0. The van der Waals surface area contributed by atoms with Crippen LogP contribution in [0.25, 0.3) is 0 Å². The van der Waals surface area contributed by atoms with Crippen LogP contribution in [-0.4, -0.2) is 34.9 Å². The van der Waals surface area contributed by atoms with Gasteiger partial charge in [0, 0.05) is 25.2 Å². The van der Waals surface area contributed by atoms with Crippen LogP contribution < -0.4 is 0 Å². The summed E-state index contributed by atoms with van der Waals surface area (Å²) in [6, 6.07) is 1.75. The molecule has 82 valence electrons. The fraction of sp³-hybridized carbons (Fsp3) is 0.545. The Labute approximate surface area is 90.3 Å². The van der Waals surface area contributed by atoms with Gasteiger partial charge in [0.15, 0.2) is 0 Å². The predicted octanol–water partition coefficient (Wildman–Crippen LogP) is 1.48. The van der Waals surface area contributed by atoms with E-state index in [0.29, 0.717) is 5.69 Å². The normalized spacial score (nSPS) is 11.3. The van der Waals surface area contributed by atoms with Crippen molar-refractivity contribution >= 4 is 5.91 Å². The van der Waals surface area contributed by atoms with Gasteiger partial charge >= 0.3 is 0 Å². The van der Waals surface area contributed by atoms with Crippen molar-refractivity contribution in [2.75, 3.05) is 14.1 Å². The van der Waals surface area contributed by atoms with Crippen LogP contribution in [0.4, 0.5) is 0 Å². The molecule has 0 aliphatic heterocycles. The molecule has 0 saturated heterocycles. The van der Waals surface area contributed by atoms with E-state index in [2.05, 4.69) is 30.7 Å². The minimum atomic E-state index is -0.0945. The van der Waals surface area contributed by atoms with Gasteiger partial charge in [-0.15, -0.1) is 0 Å². The quantitative estimate of drug-likeness (QED) is 0.700. The second-order valence-corrected chi connectivity index (χ2v) is 4.74. The summed E-state index contributed by atoms with van der Waals surface area (Å²) in [5.41, 5.74) is 1.26. The van der Waals surface area contributed by atoms with Gasteiger partial charge in [0.25, 0.3) is 5.91 Å². The van der Waals surface area contributed by atoms with Crippen molar-refractivity contribution in [3.05, 3.63) is 23.8 Å². The fourth-order valence-electron chi connectivity index (χ4n) is 1.11. The number of hydrogen-bond acceptors (Lipinski definition) is 3. The highest BCUT2D eigenvalue weighted by Gasteiger charge is 2.18. The van der Waals surface area contributed by atoms with Crippen LogP contribution in [0.5, 0.6) is 0 Å². The number of carbonyl (C=O) groups is 1. The minimum Gasteiger partial charge on any atom is -0.343 e.